The van der Waals surface area contributed by atoms with Crippen LogP contribution in [0.15, 0.2) is 18.2 Å². The summed E-state index contributed by atoms with van der Waals surface area (Å²) in [6.07, 6.45) is 0.670. The number of aryl methyl sites for hydroxylation is 1. The molecule has 21 heavy (non-hydrogen) atoms. The smallest absolute Gasteiger partial charge is 0.111 e. The van der Waals surface area contributed by atoms with Gasteiger partial charge in [0, 0.05) is 18.9 Å². The number of hydrogen-bond acceptors (Lipinski definition) is 3. The molecule has 0 aliphatic heterocycles. The quantitative estimate of drug-likeness (QED) is 0.767. The molecule has 2 rings (SSSR count). The molecule has 0 unspecified atom stereocenters. The molecule has 1 heterocycles. The van der Waals surface area contributed by atoms with Crippen LogP contribution in [0.2, 0.25) is 0 Å². The van der Waals surface area contributed by atoms with Gasteiger partial charge in [0.15, 0.2) is 0 Å². The Balaban J connectivity index is 2.54. The van der Waals surface area contributed by atoms with Crippen LogP contribution in [0.25, 0.3) is 11.0 Å². The van der Waals surface area contributed by atoms with E-state index in [9.17, 15) is 5.26 Å². The Hall–Kier alpha value is -1.57. The Morgan fingerprint density at radius 2 is 2.19 bits per heavy atom. The fraction of sp³-hybridized carbons (Fsp3) is 0.500. The lowest BCUT2D eigenvalue weighted by Gasteiger charge is -2.26. The number of halogens is 1. The molecule has 0 aliphatic carbocycles. The number of aromatic nitrogens is 2. The Morgan fingerprint density at radius 1 is 1.43 bits per heavy atom. The van der Waals surface area contributed by atoms with Crippen molar-refractivity contribution in [3.05, 3.63) is 29.6 Å². The molecule has 2 aromatic rings. The first-order chi connectivity index (χ1) is 10.0. The molecule has 1 aromatic heterocycles. The van der Waals surface area contributed by atoms with Crippen molar-refractivity contribution in [1.29, 1.82) is 5.26 Å². The van der Waals surface area contributed by atoms with E-state index in [-0.39, 0.29) is 5.60 Å². The lowest BCUT2D eigenvalue weighted by molar-refractivity contribution is -0.0221. The Bertz CT molecular complexity index is 670. The number of imidazole rings is 1. The maximum atomic E-state index is 9.23. The highest BCUT2D eigenvalue weighted by molar-refractivity contribution is 6.17. The second kappa shape index (κ2) is 6.46. The summed E-state index contributed by atoms with van der Waals surface area (Å²) < 4.78 is 7.91. The average Bonchev–Trinajstić information content (AvgIpc) is 2.77. The molecule has 4 nitrogen and oxygen atoms in total. The fourth-order valence-electron chi connectivity index (χ4n) is 2.55. The topological polar surface area (TPSA) is 50.8 Å². The SMILES string of the molecule is CCOC(C)(C)Cn1c(CCCl)nc2c(C#N)cccc21. The summed E-state index contributed by atoms with van der Waals surface area (Å²) in [6.45, 7) is 7.44. The van der Waals surface area contributed by atoms with Crippen LogP contribution in [0.4, 0.5) is 0 Å². The monoisotopic (exact) mass is 305 g/mol. The molecule has 5 heteroatoms. The molecular formula is C16H20ClN3O. The molecule has 0 spiro atoms. The lowest BCUT2D eigenvalue weighted by atomic mass is 10.1. The Morgan fingerprint density at radius 3 is 2.81 bits per heavy atom. The average molecular weight is 306 g/mol. The first kappa shape index (κ1) is 15.8. The minimum Gasteiger partial charge on any atom is -0.374 e. The van der Waals surface area contributed by atoms with Crippen LogP contribution in [0.1, 0.15) is 32.2 Å². The van der Waals surface area contributed by atoms with Crippen molar-refractivity contribution in [2.24, 2.45) is 0 Å². The first-order valence-corrected chi connectivity index (χ1v) is 7.64. The minimum atomic E-state index is -0.300. The summed E-state index contributed by atoms with van der Waals surface area (Å²) in [5.41, 5.74) is 2.00. The summed E-state index contributed by atoms with van der Waals surface area (Å²) >= 11 is 5.89. The normalized spacial score (nSPS) is 11.8. The zero-order valence-electron chi connectivity index (χ0n) is 12.7. The predicted octanol–water partition coefficient (Wildman–Crippen LogP) is 3.50. The number of fused-ring (bicyclic) bond motifs is 1. The Kier molecular flexibility index (Phi) is 4.87. The molecule has 0 fully saturated rings. The third-order valence-electron chi connectivity index (χ3n) is 3.37. The van der Waals surface area contributed by atoms with Crippen LogP contribution >= 0.6 is 11.6 Å². The second-order valence-corrected chi connectivity index (χ2v) is 5.91. The van der Waals surface area contributed by atoms with Crippen LogP contribution < -0.4 is 0 Å². The molecule has 0 amide bonds. The molecular weight excluding hydrogens is 286 g/mol. The van der Waals surface area contributed by atoms with E-state index in [1.165, 1.54) is 0 Å². The molecule has 0 N–H and O–H groups in total. The highest BCUT2D eigenvalue weighted by Gasteiger charge is 2.22. The minimum absolute atomic E-state index is 0.300. The highest BCUT2D eigenvalue weighted by atomic mass is 35.5. The third-order valence-corrected chi connectivity index (χ3v) is 3.56. The van der Waals surface area contributed by atoms with Gasteiger partial charge in [0.25, 0.3) is 0 Å². The number of rotatable bonds is 6. The van der Waals surface area contributed by atoms with Crippen molar-refractivity contribution in [3.63, 3.8) is 0 Å². The van der Waals surface area contributed by atoms with Crippen LogP contribution in [0.3, 0.4) is 0 Å². The van der Waals surface area contributed by atoms with E-state index in [1.54, 1.807) is 6.07 Å². The van der Waals surface area contributed by atoms with Crippen LogP contribution in [-0.2, 0) is 17.7 Å². The number of nitriles is 1. The van der Waals surface area contributed by atoms with Crippen molar-refractivity contribution < 1.29 is 4.74 Å². The summed E-state index contributed by atoms with van der Waals surface area (Å²) in [5, 5.41) is 9.23. The predicted molar refractivity (Wildman–Crippen MR) is 84.6 cm³/mol. The number of hydrogen-bond donors (Lipinski definition) is 0. The van der Waals surface area contributed by atoms with Gasteiger partial charge in [-0.15, -0.1) is 11.6 Å². The fourth-order valence-corrected chi connectivity index (χ4v) is 2.72. The van der Waals surface area contributed by atoms with Crippen molar-refractivity contribution >= 4 is 22.6 Å². The van der Waals surface area contributed by atoms with Gasteiger partial charge in [-0.2, -0.15) is 5.26 Å². The lowest BCUT2D eigenvalue weighted by Crippen LogP contribution is -2.31. The van der Waals surface area contributed by atoms with Gasteiger partial charge in [-0.25, -0.2) is 4.98 Å². The van der Waals surface area contributed by atoms with Gasteiger partial charge < -0.3 is 9.30 Å². The summed E-state index contributed by atoms with van der Waals surface area (Å²) in [6, 6.07) is 7.87. The van der Waals surface area contributed by atoms with Crippen molar-refractivity contribution in [2.45, 2.75) is 39.3 Å². The number of para-hydroxylation sites is 1. The molecule has 0 saturated carbocycles. The molecule has 0 aliphatic rings. The maximum Gasteiger partial charge on any atom is 0.111 e. The summed E-state index contributed by atoms with van der Waals surface area (Å²) in [7, 11) is 0. The standard InChI is InChI=1S/C16H20ClN3O/c1-4-21-16(2,3)11-20-13-7-5-6-12(10-18)15(13)19-14(20)8-9-17/h5-7H,4,8-9,11H2,1-3H3. The van der Waals surface area contributed by atoms with E-state index in [4.69, 9.17) is 16.3 Å². The van der Waals surface area contributed by atoms with E-state index in [0.717, 1.165) is 16.9 Å². The third kappa shape index (κ3) is 3.37. The molecule has 0 bridgehead atoms. The number of alkyl halides is 1. The van der Waals surface area contributed by atoms with Crippen LogP contribution in [-0.4, -0.2) is 27.6 Å². The maximum absolute atomic E-state index is 9.23. The van der Waals surface area contributed by atoms with E-state index >= 15 is 0 Å². The largest absolute Gasteiger partial charge is 0.374 e. The van der Waals surface area contributed by atoms with Gasteiger partial charge in [-0.1, -0.05) is 6.07 Å². The second-order valence-electron chi connectivity index (χ2n) is 5.53. The molecule has 0 saturated heterocycles. The van der Waals surface area contributed by atoms with Crippen LogP contribution in [0.5, 0.6) is 0 Å². The first-order valence-electron chi connectivity index (χ1n) is 7.10. The van der Waals surface area contributed by atoms with Crippen molar-refractivity contribution in [2.75, 3.05) is 12.5 Å². The van der Waals surface area contributed by atoms with Gasteiger partial charge in [0.1, 0.15) is 17.4 Å². The van der Waals surface area contributed by atoms with Crippen molar-refractivity contribution in [1.82, 2.24) is 9.55 Å². The zero-order chi connectivity index (χ0) is 15.5. The van der Waals surface area contributed by atoms with E-state index < -0.39 is 0 Å². The number of benzene rings is 1. The summed E-state index contributed by atoms with van der Waals surface area (Å²) in [5.74, 6) is 1.40. The Labute approximate surface area is 130 Å². The molecule has 1 aromatic carbocycles. The van der Waals surface area contributed by atoms with Crippen LogP contribution in [0, 0.1) is 11.3 Å². The molecule has 0 atom stereocenters. The zero-order valence-corrected chi connectivity index (χ0v) is 13.4. The van der Waals surface area contributed by atoms with Gasteiger partial charge in [0.05, 0.1) is 23.2 Å². The summed E-state index contributed by atoms with van der Waals surface area (Å²) in [4.78, 5) is 4.62. The van der Waals surface area contributed by atoms with Gasteiger partial charge in [0.2, 0.25) is 0 Å². The van der Waals surface area contributed by atoms with Crippen molar-refractivity contribution in [3.8, 4) is 6.07 Å². The van der Waals surface area contributed by atoms with Gasteiger partial charge in [-0.3, -0.25) is 0 Å². The highest BCUT2D eigenvalue weighted by Crippen LogP contribution is 2.24. The van der Waals surface area contributed by atoms with Gasteiger partial charge in [-0.05, 0) is 32.9 Å². The number of nitrogens with zero attached hydrogens (tertiary/aromatic N) is 3. The number of ether oxygens (including phenoxy) is 1. The van der Waals surface area contributed by atoms with E-state index in [0.29, 0.717) is 31.0 Å². The molecule has 112 valence electrons. The van der Waals surface area contributed by atoms with Gasteiger partial charge >= 0.3 is 0 Å². The molecule has 0 radical (unpaired) electrons. The van der Waals surface area contributed by atoms with E-state index in [1.807, 2.05) is 19.1 Å². The van der Waals surface area contributed by atoms with E-state index in [2.05, 4.69) is 29.5 Å².